The first kappa shape index (κ1) is 14.4. The highest BCUT2D eigenvalue weighted by atomic mass is 16.5. The van der Waals surface area contributed by atoms with E-state index in [0.717, 1.165) is 5.69 Å². The van der Waals surface area contributed by atoms with Crippen LogP contribution in [0.3, 0.4) is 0 Å². The van der Waals surface area contributed by atoms with Crippen LogP contribution in [0.2, 0.25) is 0 Å². The second-order valence-corrected chi connectivity index (χ2v) is 5.27. The molecule has 18 heavy (non-hydrogen) atoms. The van der Waals surface area contributed by atoms with E-state index in [4.69, 9.17) is 4.74 Å². The summed E-state index contributed by atoms with van der Waals surface area (Å²) in [6, 6.07) is 7.49. The average Bonchev–Trinajstić information content (AvgIpc) is 2.27. The van der Waals surface area contributed by atoms with Gasteiger partial charge in [0.2, 0.25) is 0 Å². The first-order valence-corrected chi connectivity index (χ1v) is 6.08. The Morgan fingerprint density at radius 3 is 2.22 bits per heavy atom. The molecular weight excluding hydrogens is 228 g/mol. The van der Waals surface area contributed by atoms with Gasteiger partial charge in [0.15, 0.2) is 6.10 Å². The van der Waals surface area contributed by atoms with E-state index >= 15 is 0 Å². The van der Waals surface area contributed by atoms with E-state index in [-0.39, 0.29) is 11.4 Å². The van der Waals surface area contributed by atoms with Crippen molar-refractivity contribution in [2.45, 2.75) is 39.3 Å². The van der Waals surface area contributed by atoms with Crippen LogP contribution in [0.1, 0.15) is 27.7 Å². The lowest BCUT2D eigenvalue weighted by Crippen LogP contribution is -2.46. The molecule has 0 bridgehead atoms. The Morgan fingerprint density at radius 1 is 1.22 bits per heavy atom. The predicted molar refractivity (Wildman–Crippen MR) is 74.0 cm³/mol. The number of amides is 1. The number of nitrogens with one attached hydrogen (secondary N) is 2. The van der Waals surface area contributed by atoms with E-state index in [1.165, 1.54) is 0 Å². The smallest absolute Gasteiger partial charge is 0.261 e. The summed E-state index contributed by atoms with van der Waals surface area (Å²) < 4.78 is 5.58. The zero-order chi connectivity index (χ0) is 13.8. The Kier molecular flexibility index (Phi) is 4.59. The molecule has 1 amide bonds. The summed E-state index contributed by atoms with van der Waals surface area (Å²) >= 11 is 0. The van der Waals surface area contributed by atoms with Crippen molar-refractivity contribution in [3.8, 4) is 5.75 Å². The van der Waals surface area contributed by atoms with Crippen molar-refractivity contribution in [1.29, 1.82) is 0 Å². The van der Waals surface area contributed by atoms with Gasteiger partial charge in [-0.1, -0.05) is 0 Å². The van der Waals surface area contributed by atoms with E-state index in [2.05, 4.69) is 10.6 Å². The summed E-state index contributed by atoms with van der Waals surface area (Å²) in [5.41, 5.74) is 0.763. The summed E-state index contributed by atoms with van der Waals surface area (Å²) in [4.78, 5) is 11.8. The van der Waals surface area contributed by atoms with Crippen LogP contribution in [-0.4, -0.2) is 24.6 Å². The van der Waals surface area contributed by atoms with Crippen molar-refractivity contribution in [3.05, 3.63) is 24.3 Å². The lowest BCUT2D eigenvalue weighted by molar-refractivity contribution is -0.128. The van der Waals surface area contributed by atoms with Crippen LogP contribution in [0.4, 0.5) is 5.69 Å². The molecule has 0 spiro atoms. The SMILES string of the molecule is CNc1ccc(OC(C)C(=O)NC(C)(C)C)cc1. The number of rotatable bonds is 4. The standard InChI is InChI=1S/C14H22N2O2/c1-10(13(17)16-14(2,3)4)18-12-8-6-11(15-5)7-9-12/h6-10,15H,1-5H3,(H,16,17). The van der Waals surface area contributed by atoms with E-state index in [1.54, 1.807) is 6.92 Å². The summed E-state index contributed by atoms with van der Waals surface area (Å²) in [6.45, 7) is 7.57. The van der Waals surface area contributed by atoms with Gasteiger partial charge in [-0.05, 0) is 52.0 Å². The Bertz CT molecular complexity index is 393. The van der Waals surface area contributed by atoms with Crippen LogP contribution in [0.25, 0.3) is 0 Å². The van der Waals surface area contributed by atoms with Crippen molar-refractivity contribution in [3.63, 3.8) is 0 Å². The molecule has 0 heterocycles. The molecule has 0 saturated heterocycles. The molecule has 4 nitrogen and oxygen atoms in total. The maximum atomic E-state index is 11.8. The van der Waals surface area contributed by atoms with Gasteiger partial charge in [0, 0.05) is 18.3 Å². The molecule has 1 rings (SSSR count). The fraction of sp³-hybridized carbons (Fsp3) is 0.500. The summed E-state index contributed by atoms with van der Waals surface area (Å²) in [5, 5.41) is 5.91. The zero-order valence-corrected chi connectivity index (χ0v) is 11.7. The highest BCUT2D eigenvalue weighted by Gasteiger charge is 2.20. The van der Waals surface area contributed by atoms with Gasteiger partial charge >= 0.3 is 0 Å². The van der Waals surface area contributed by atoms with Crippen LogP contribution in [0.15, 0.2) is 24.3 Å². The summed E-state index contributed by atoms with van der Waals surface area (Å²) in [7, 11) is 1.86. The largest absolute Gasteiger partial charge is 0.481 e. The molecule has 0 fully saturated rings. The maximum Gasteiger partial charge on any atom is 0.261 e. The van der Waals surface area contributed by atoms with Gasteiger partial charge in [-0.25, -0.2) is 0 Å². The van der Waals surface area contributed by atoms with E-state index in [9.17, 15) is 4.79 Å². The molecule has 0 radical (unpaired) electrons. The van der Waals surface area contributed by atoms with Gasteiger partial charge in [-0.3, -0.25) is 4.79 Å². The van der Waals surface area contributed by atoms with E-state index in [1.807, 2.05) is 52.1 Å². The highest BCUT2D eigenvalue weighted by molar-refractivity contribution is 5.81. The van der Waals surface area contributed by atoms with Gasteiger partial charge in [-0.2, -0.15) is 0 Å². The molecule has 100 valence electrons. The van der Waals surface area contributed by atoms with Crippen molar-refractivity contribution < 1.29 is 9.53 Å². The van der Waals surface area contributed by atoms with Gasteiger partial charge in [-0.15, -0.1) is 0 Å². The Morgan fingerprint density at radius 2 is 1.78 bits per heavy atom. The third kappa shape index (κ3) is 4.65. The minimum atomic E-state index is -0.510. The number of carbonyl (C=O) groups is 1. The van der Waals surface area contributed by atoms with Gasteiger partial charge in [0.25, 0.3) is 5.91 Å². The van der Waals surface area contributed by atoms with Crippen molar-refractivity contribution in [1.82, 2.24) is 5.32 Å². The second-order valence-electron chi connectivity index (χ2n) is 5.27. The topological polar surface area (TPSA) is 50.4 Å². The van der Waals surface area contributed by atoms with Crippen LogP contribution in [0.5, 0.6) is 5.75 Å². The van der Waals surface area contributed by atoms with Crippen LogP contribution in [-0.2, 0) is 4.79 Å². The maximum absolute atomic E-state index is 11.8. The fourth-order valence-corrected chi connectivity index (χ4v) is 1.43. The Labute approximate surface area is 109 Å². The molecule has 0 saturated carbocycles. The minimum Gasteiger partial charge on any atom is -0.481 e. The number of carbonyl (C=O) groups excluding carboxylic acids is 1. The lowest BCUT2D eigenvalue weighted by atomic mass is 10.1. The molecule has 0 aromatic heterocycles. The molecular formula is C14H22N2O2. The monoisotopic (exact) mass is 250 g/mol. The Balaban J connectivity index is 2.58. The van der Waals surface area contributed by atoms with Crippen LogP contribution < -0.4 is 15.4 Å². The van der Waals surface area contributed by atoms with Gasteiger partial charge < -0.3 is 15.4 Å². The minimum absolute atomic E-state index is 0.111. The zero-order valence-electron chi connectivity index (χ0n) is 11.7. The number of hydrogen-bond donors (Lipinski definition) is 2. The van der Waals surface area contributed by atoms with Gasteiger partial charge in [0.1, 0.15) is 5.75 Å². The Hall–Kier alpha value is -1.71. The summed E-state index contributed by atoms with van der Waals surface area (Å²) in [5.74, 6) is 0.575. The quantitative estimate of drug-likeness (QED) is 0.862. The molecule has 1 atom stereocenters. The molecule has 0 aliphatic carbocycles. The fourth-order valence-electron chi connectivity index (χ4n) is 1.43. The number of benzene rings is 1. The third-order valence-corrected chi connectivity index (χ3v) is 2.32. The number of anilines is 1. The van der Waals surface area contributed by atoms with Crippen molar-refractivity contribution in [2.75, 3.05) is 12.4 Å². The van der Waals surface area contributed by atoms with E-state index in [0.29, 0.717) is 5.75 Å². The van der Waals surface area contributed by atoms with Crippen LogP contribution >= 0.6 is 0 Å². The molecule has 0 aliphatic heterocycles. The molecule has 2 N–H and O–H groups in total. The summed E-state index contributed by atoms with van der Waals surface area (Å²) in [6.07, 6.45) is -0.510. The molecule has 1 unspecified atom stereocenters. The van der Waals surface area contributed by atoms with Crippen molar-refractivity contribution in [2.24, 2.45) is 0 Å². The molecule has 4 heteroatoms. The molecule has 1 aromatic carbocycles. The van der Waals surface area contributed by atoms with Crippen molar-refractivity contribution >= 4 is 11.6 Å². The normalized spacial score (nSPS) is 12.7. The second kappa shape index (κ2) is 5.76. The molecule has 0 aliphatic rings. The van der Waals surface area contributed by atoms with Crippen LogP contribution in [0, 0.1) is 0 Å². The lowest BCUT2D eigenvalue weighted by Gasteiger charge is -2.23. The van der Waals surface area contributed by atoms with E-state index < -0.39 is 6.10 Å². The van der Waals surface area contributed by atoms with Gasteiger partial charge in [0.05, 0.1) is 0 Å². The number of ether oxygens (including phenoxy) is 1. The predicted octanol–water partition coefficient (Wildman–Crippen LogP) is 2.41. The highest BCUT2D eigenvalue weighted by Crippen LogP contribution is 2.16. The number of hydrogen-bond acceptors (Lipinski definition) is 3. The first-order valence-electron chi connectivity index (χ1n) is 6.08. The third-order valence-electron chi connectivity index (χ3n) is 2.32. The average molecular weight is 250 g/mol. The molecule has 1 aromatic rings. The first-order chi connectivity index (χ1) is 8.31.